The molecule has 0 N–H and O–H groups in total. The van der Waals surface area contributed by atoms with Crippen LogP contribution in [0.1, 0.15) is 0 Å². The third-order valence-electron chi connectivity index (χ3n) is 0.0278. The molecule has 0 aromatic carbocycles. The summed E-state index contributed by atoms with van der Waals surface area (Å²) in [6.45, 7) is 0. The zero-order valence-electron chi connectivity index (χ0n) is 1.63. The molecular formula is Se4-2. The molecule has 0 aliphatic heterocycles. The molecule has 0 aliphatic carbocycles. The van der Waals surface area contributed by atoms with Crippen LogP contribution in [-0.4, -0.2) is 51.0 Å². The van der Waals surface area contributed by atoms with E-state index in [1.54, 1.807) is 0 Å². The molecule has 26 valence electrons. The fourth-order valence-electron chi connectivity index (χ4n) is 0. The van der Waals surface area contributed by atoms with Gasteiger partial charge in [0.2, 0.25) is 0 Å². The van der Waals surface area contributed by atoms with Gasteiger partial charge in [0.05, 0.1) is 0 Å². The van der Waals surface area contributed by atoms with Crippen LogP contribution in [0.15, 0.2) is 0 Å². The SMILES string of the molecule is [Se-][Se][Se][Se-]. The van der Waals surface area contributed by atoms with Gasteiger partial charge in [-0.1, -0.05) is 0 Å². The zero-order valence-corrected chi connectivity index (χ0v) is 8.49. The van der Waals surface area contributed by atoms with Gasteiger partial charge in [0.15, 0.2) is 0 Å². The van der Waals surface area contributed by atoms with Gasteiger partial charge in [0, 0.05) is 0 Å². The van der Waals surface area contributed by atoms with Gasteiger partial charge in [-0.15, -0.1) is 0 Å². The van der Waals surface area contributed by atoms with Crippen LogP contribution >= 0.6 is 0 Å². The van der Waals surface area contributed by atoms with Gasteiger partial charge in [-0.25, -0.2) is 0 Å². The molecule has 0 saturated carbocycles. The van der Waals surface area contributed by atoms with Crippen LogP contribution in [0, 0.1) is 0 Å². The molecule has 0 aromatic rings. The van der Waals surface area contributed by atoms with Gasteiger partial charge >= 0.3 is 51.0 Å². The van der Waals surface area contributed by atoms with E-state index in [-0.39, 0.29) is 0 Å². The van der Waals surface area contributed by atoms with Crippen molar-refractivity contribution in [3.63, 3.8) is 0 Å². The van der Waals surface area contributed by atoms with E-state index < -0.39 is 0 Å². The minimum absolute atomic E-state index is 0.799. The van der Waals surface area contributed by atoms with Crippen LogP contribution in [-0.2, 0) is 0 Å². The second-order valence-electron chi connectivity index (χ2n) is 0.136. The fourth-order valence-corrected chi connectivity index (χ4v) is 0. The van der Waals surface area contributed by atoms with Crippen molar-refractivity contribution in [2.45, 2.75) is 0 Å². The molecule has 0 atom stereocenters. The maximum atomic E-state index is 2.95. The van der Waals surface area contributed by atoms with E-state index in [2.05, 4.69) is 28.4 Å². The van der Waals surface area contributed by atoms with E-state index in [1.165, 1.54) is 0 Å². The Balaban J connectivity index is 1.97. The summed E-state index contributed by atoms with van der Waals surface area (Å²) in [5.74, 6) is 0. The van der Waals surface area contributed by atoms with Gasteiger partial charge in [-0.2, -0.15) is 0 Å². The molecule has 0 radical (unpaired) electrons. The molecule has 0 fully saturated rings. The first kappa shape index (κ1) is 6.08. The molecule has 0 saturated heterocycles. The summed E-state index contributed by atoms with van der Waals surface area (Å²) in [4.78, 5) is 0. The Morgan fingerprint density at radius 1 is 1.00 bits per heavy atom. The monoisotopic (exact) mass is 320 g/mol. The summed E-state index contributed by atoms with van der Waals surface area (Å²) in [5, 5.41) is 0. The molecule has 0 bridgehead atoms. The molecule has 0 aromatic heterocycles. The Morgan fingerprint density at radius 2 is 1.25 bits per heavy atom. The van der Waals surface area contributed by atoms with Crippen LogP contribution in [0.4, 0.5) is 0 Å². The maximum absolute atomic E-state index is 2.95. The minimum atomic E-state index is 0.799. The first-order chi connectivity index (χ1) is 1.91. The Kier molecular flexibility index (Phi) is 7.72. The summed E-state index contributed by atoms with van der Waals surface area (Å²) in [7, 11) is 0. The number of rotatable bonds is 1. The molecule has 0 amide bonds. The van der Waals surface area contributed by atoms with Crippen molar-refractivity contribution in [1.82, 2.24) is 0 Å². The van der Waals surface area contributed by atoms with Crippen LogP contribution in [0.25, 0.3) is 0 Å². The predicted octanol–water partition coefficient (Wildman–Crippen LogP) is -1.52. The third-order valence-corrected chi connectivity index (χ3v) is 20.2. The van der Waals surface area contributed by atoms with Crippen molar-refractivity contribution >= 4 is 51.0 Å². The summed E-state index contributed by atoms with van der Waals surface area (Å²) < 4.78 is 0. The van der Waals surface area contributed by atoms with E-state index in [1.807, 2.05) is 0 Å². The zero-order chi connectivity index (χ0) is 3.41. The number of hydrogen-bond donors (Lipinski definition) is 0. The Bertz CT molecular complexity index is 2.00. The molecule has 0 aliphatic rings. The normalized spacial score (nSPS) is 7.50. The molecule has 0 rings (SSSR count). The van der Waals surface area contributed by atoms with Gasteiger partial charge < -0.3 is 0 Å². The van der Waals surface area contributed by atoms with Crippen molar-refractivity contribution in [3.05, 3.63) is 0 Å². The molecular weight excluding hydrogens is 316 g/mol. The molecule has 0 nitrogen and oxygen atoms in total. The number of hydrogen-bond acceptors (Lipinski definition) is 0. The van der Waals surface area contributed by atoms with E-state index in [4.69, 9.17) is 0 Å². The second kappa shape index (κ2) is 5.08. The van der Waals surface area contributed by atoms with Crippen molar-refractivity contribution in [2.75, 3.05) is 0 Å². The van der Waals surface area contributed by atoms with Crippen LogP contribution in [0.5, 0.6) is 0 Å². The van der Waals surface area contributed by atoms with Crippen molar-refractivity contribution in [2.24, 2.45) is 0 Å². The molecule has 0 unspecified atom stereocenters. The Morgan fingerprint density at radius 3 is 1.25 bits per heavy atom. The summed E-state index contributed by atoms with van der Waals surface area (Å²) in [5.41, 5.74) is 0. The second-order valence-corrected chi connectivity index (χ2v) is 19.1. The van der Waals surface area contributed by atoms with Crippen molar-refractivity contribution < 1.29 is 0 Å². The van der Waals surface area contributed by atoms with Crippen LogP contribution in [0.2, 0.25) is 0 Å². The van der Waals surface area contributed by atoms with Crippen molar-refractivity contribution in [3.8, 4) is 0 Å². The first-order valence-electron chi connectivity index (χ1n) is 0.500. The first-order valence-corrected chi connectivity index (χ1v) is 13.5. The standard InChI is InChI=1S/H2Se4/c1-3-4-2/h1-2H/p-2. The van der Waals surface area contributed by atoms with E-state index in [0.717, 1.165) is 22.6 Å². The average molecular weight is 316 g/mol. The third kappa shape index (κ3) is 4.08. The fraction of sp³-hybridized carbons (Fsp3) is 0. The quantitative estimate of drug-likeness (QED) is 0.516. The predicted molar refractivity (Wildman–Crippen MR) is 23.0 cm³/mol. The van der Waals surface area contributed by atoms with Crippen molar-refractivity contribution in [1.29, 1.82) is 0 Å². The average Bonchev–Trinajstić information content (AvgIpc) is 1.37. The van der Waals surface area contributed by atoms with Gasteiger partial charge in [-0.3, -0.25) is 0 Å². The van der Waals surface area contributed by atoms with E-state index >= 15 is 0 Å². The van der Waals surface area contributed by atoms with E-state index in [9.17, 15) is 0 Å². The molecule has 4 heteroatoms. The van der Waals surface area contributed by atoms with Gasteiger partial charge in [0.25, 0.3) is 0 Å². The molecule has 4 heavy (non-hydrogen) atoms. The summed E-state index contributed by atoms with van der Waals surface area (Å²) >= 11 is 7.50. The van der Waals surface area contributed by atoms with Gasteiger partial charge in [0.1, 0.15) is 0 Å². The van der Waals surface area contributed by atoms with E-state index in [0.29, 0.717) is 0 Å². The molecule has 0 spiro atoms. The summed E-state index contributed by atoms with van der Waals surface area (Å²) in [6, 6.07) is 0. The van der Waals surface area contributed by atoms with Crippen LogP contribution in [0.3, 0.4) is 0 Å². The summed E-state index contributed by atoms with van der Waals surface area (Å²) in [6.07, 6.45) is 0. The van der Waals surface area contributed by atoms with Crippen LogP contribution < -0.4 is 0 Å². The topological polar surface area (TPSA) is 0 Å². The van der Waals surface area contributed by atoms with Gasteiger partial charge in [-0.05, 0) is 0 Å². The molecule has 0 heterocycles. The Hall–Kier alpha value is 2.08. The Labute approximate surface area is 50.5 Å².